The molecule has 0 heterocycles. The topological polar surface area (TPSA) is 72.8 Å². The second-order valence-electron chi connectivity index (χ2n) is 5.08. The van der Waals surface area contributed by atoms with E-state index in [0.717, 1.165) is 0 Å². The summed E-state index contributed by atoms with van der Waals surface area (Å²) in [6.45, 7) is 0. The molecule has 0 unspecified atom stereocenters. The zero-order valence-electron chi connectivity index (χ0n) is 13.2. The van der Waals surface area contributed by atoms with Crippen LogP contribution in [-0.4, -0.2) is 24.3 Å². The normalized spacial score (nSPS) is 12.8. The van der Waals surface area contributed by atoms with Gasteiger partial charge in [0.1, 0.15) is 11.5 Å². The van der Waals surface area contributed by atoms with Gasteiger partial charge < -0.3 is 9.47 Å². The van der Waals surface area contributed by atoms with E-state index < -0.39 is 67.8 Å². The molecule has 0 fully saturated rings. The lowest BCUT2D eigenvalue weighted by Crippen LogP contribution is -2.50. The first-order valence-corrected chi connectivity index (χ1v) is 8.25. The molecule has 0 aliphatic heterocycles. The van der Waals surface area contributed by atoms with Crippen molar-refractivity contribution in [3.63, 3.8) is 0 Å². The Bertz CT molecular complexity index is 1010. The predicted octanol–water partition coefficient (Wildman–Crippen LogP) is 4.63. The molecule has 2 aromatic rings. The fourth-order valence-electron chi connectivity index (χ4n) is 1.73. The molecule has 0 spiro atoms. The minimum Gasteiger partial charge on any atom is -0.451 e. The van der Waals surface area contributed by atoms with Gasteiger partial charge in [-0.15, -0.1) is 0 Å². The summed E-state index contributed by atoms with van der Waals surface area (Å²) in [6, 6.07) is 1.90. The van der Waals surface area contributed by atoms with Crippen LogP contribution >= 0.6 is 0 Å². The third-order valence-electron chi connectivity index (χ3n) is 3.12. The van der Waals surface area contributed by atoms with Crippen molar-refractivity contribution in [1.29, 1.82) is 0 Å². The van der Waals surface area contributed by atoms with Gasteiger partial charge >= 0.3 is 21.5 Å². The molecule has 0 aliphatic carbocycles. The Kier molecular flexibility index (Phi) is 5.68. The van der Waals surface area contributed by atoms with Crippen molar-refractivity contribution in [1.82, 2.24) is 0 Å². The number of rotatable bonds is 6. The van der Waals surface area contributed by atoms with E-state index >= 15 is 0 Å². The average Bonchev–Trinajstić information content (AvgIpc) is 2.62. The summed E-state index contributed by atoms with van der Waals surface area (Å²) in [5.74, 6) is -15.4. The Morgan fingerprint density at radius 1 is 0.724 bits per heavy atom. The SMILES string of the molecule is O=S(=O)(O)C(F)(F)C(F)(F)Oc1ccc(Oc2c(F)c(F)c(F)c(F)c2F)cc1. The van der Waals surface area contributed by atoms with Crippen molar-refractivity contribution >= 4 is 10.1 Å². The molecule has 0 radical (unpaired) electrons. The van der Waals surface area contributed by atoms with Gasteiger partial charge in [-0.2, -0.15) is 34.8 Å². The summed E-state index contributed by atoms with van der Waals surface area (Å²) < 4.78 is 156. The number of alkyl halides is 4. The summed E-state index contributed by atoms with van der Waals surface area (Å²) in [5, 5.41) is -6.04. The lowest BCUT2D eigenvalue weighted by atomic mass is 10.2. The molecule has 1 N–H and O–H groups in total. The van der Waals surface area contributed by atoms with Gasteiger partial charge in [-0.1, -0.05) is 0 Å². The molecule has 2 rings (SSSR count). The van der Waals surface area contributed by atoms with Gasteiger partial charge in [0.05, 0.1) is 0 Å². The zero-order chi connectivity index (χ0) is 22.4. The number of halogens is 9. The molecule has 0 saturated heterocycles. The van der Waals surface area contributed by atoms with Crippen LogP contribution in [0.2, 0.25) is 0 Å². The predicted molar refractivity (Wildman–Crippen MR) is 74.8 cm³/mol. The molecule has 0 aromatic heterocycles. The van der Waals surface area contributed by atoms with E-state index in [-0.39, 0.29) is 0 Å². The molecule has 0 saturated carbocycles. The number of benzene rings is 2. The summed E-state index contributed by atoms with van der Waals surface area (Å²) in [6.07, 6.45) is -5.75. The van der Waals surface area contributed by atoms with Gasteiger partial charge in [-0.25, -0.2) is 13.2 Å². The van der Waals surface area contributed by atoms with Crippen LogP contribution in [0.25, 0.3) is 0 Å². The van der Waals surface area contributed by atoms with E-state index in [1.165, 1.54) is 0 Å². The van der Waals surface area contributed by atoms with Crippen molar-refractivity contribution in [2.45, 2.75) is 11.4 Å². The van der Waals surface area contributed by atoms with Crippen LogP contribution in [0.15, 0.2) is 24.3 Å². The smallest absolute Gasteiger partial charge is 0.451 e. The third kappa shape index (κ3) is 4.05. The first-order chi connectivity index (χ1) is 13.1. The van der Waals surface area contributed by atoms with Gasteiger partial charge in [0.25, 0.3) is 0 Å². The molecular formula is C14H5F9O5S. The average molecular weight is 456 g/mol. The Hall–Kier alpha value is -2.68. The lowest BCUT2D eigenvalue weighted by molar-refractivity contribution is -0.274. The summed E-state index contributed by atoms with van der Waals surface area (Å²) >= 11 is 0. The van der Waals surface area contributed by atoms with E-state index in [2.05, 4.69) is 9.47 Å². The van der Waals surface area contributed by atoms with Crippen LogP contribution in [0.5, 0.6) is 17.2 Å². The van der Waals surface area contributed by atoms with Gasteiger partial charge in [0.15, 0.2) is 0 Å². The molecule has 0 atom stereocenters. The minimum atomic E-state index is -6.57. The fourth-order valence-corrected chi connectivity index (χ4v) is 2.07. The quantitative estimate of drug-likeness (QED) is 0.297. The highest BCUT2D eigenvalue weighted by Gasteiger charge is 2.69. The van der Waals surface area contributed by atoms with E-state index in [1.54, 1.807) is 0 Å². The zero-order valence-corrected chi connectivity index (χ0v) is 14.0. The Morgan fingerprint density at radius 3 is 1.52 bits per heavy atom. The van der Waals surface area contributed by atoms with E-state index in [0.29, 0.717) is 24.3 Å². The first kappa shape index (κ1) is 22.6. The number of hydrogen-bond acceptors (Lipinski definition) is 4. The van der Waals surface area contributed by atoms with Crippen molar-refractivity contribution in [2.24, 2.45) is 0 Å². The van der Waals surface area contributed by atoms with E-state index in [9.17, 15) is 47.9 Å². The van der Waals surface area contributed by atoms with Crippen LogP contribution in [0.1, 0.15) is 0 Å². The van der Waals surface area contributed by atoms with Crippen LogP contribution in [0.4, 0.5) is 39.5 Å². The highest BCUT2D eigenvalue weighted by atomic mass is 32.2. The van der Waals surface area contributed by atoms with Gasteiger partial charge in [0.2, 0.25) is 34.8 Å². The number of ether oxygens (including phenoxy) is 2. The van der Waals surface area contributed by atoms with Crippen molar-refractivity contribution < 1.29 is 62.0 Å². The van der Waals surface area contributed by atoms with Crippen LogP contribution < -0.4 is 9.47 Å². The Morgan fingerprint density at radius 2 is 1.10 bits per heavy atom. The van der Waals surface area contributed by atoms with E-state index in [4.69, 9.17) is 4.55 Å². The second kappa shape index (κ2) is 7.29. The standard InChI is InChI=1S/C14H5F9O5S/c15-7-8(16)10(18)12(11(19)9(7)17)27-5-1-3-6(4-2-5)28-13(20,21)14(22,23)29(24,25)26/h1-4H,(H,24,25,26). The van der Waals surface area contributed by atoms with Crippen LogP contribution in [0.3, 0.4) is 0 Å². The molecule has 2 aromatic carbocycles. The molecule has 160 valence electrons. The minimum absolute atomic E-state index is 0.412. The summed E-state index contributed by atoms with van der Waals surface area (Å²) in [7, 11) is -6.57. The molecule has 0 bridgehead atoms. The maximum Gasteiger partial charge on any atom is 0.483 e. The molecule has 15 heteroatoms. The molecular weight excluding hydrogens is 451 g/mol. The van der Waals surface area contributed by atoms with Crippen LogP contribution in [-0.2, 0) is 10.1 Å². The number of hydrogen-bond donors (Lipinski definition) is 1. The van der Waals surface area contributed by atoms with Crippen molar-refractivity contribution in [3.05, 3.63) is 53.4 Å². The van der Waals surface area contributed by atoms with Crippen molar-refractivity contribution in [3.8, 4) is 17.2 Å². The summed E-state index contributed by atoms with van der Waals surface area (Å²) in [4.78, 5) is 0. The highest BCUT2D eigenvalue weighted by Crippen LogP contribution is 2.40. The Labute approximate surface area is 155 Å². The fraction of sp³-hybridized carbons (Fsp3) is 0.143. The molecule has 0 aliphatic rings. The van der Waals surface area contributed by atoms with Gasteiger partial charge in [-0.3, -0.25) is 4.55 Å². The molecule has 0 amide bonds. The maximum atomic E-state index is 13.5. The third-order valence-corrected chi connectivity index (χ3v) is 4.01. The second-order valence-corrected chi connectivity index (χ2v) is 6.55. The summed E-state index contributed by atoms with van der Waals surface area (Å²) in [5.41, 5.74) is 0. The highest BCUT2D eigenvalue weighted by molar-refractivity contribution is 7.86. The monoisotopic (exact) mass is 456 g/mol. The largest absolute Gasteiger partial charge is 0.483 e. The molecule has 29 heavy (non-hydrogen) atoms. The van der Waals surface area contributed by atoms with E-state index in [1.807, 2.05) is 0 Å². The van der Waals surface area contributed by atoms with Crippen LogP contribution in [0, 0.1) is 29.1 Å². The Balaban J connectivity index is 2.29. The van der Waals surface area contributed by atoms with Gasteiger partial charge in [0, 0.05) is 0 Å². The first-order valence-electron chi connectivity index (χ1n) is 6.81. The van der Waals surface area contributed by atoms with Crippen molar-refractivity contribution in [2.75, 3.05) is 0 Å². The lowest BCUT2D eigenvalue weighted by Gasteiger charge is -2.23. The van der Waals surface area contributed by atoms with Gasteiger partial charge in [-0.05, 0) is 24.3 Å². The molecule has 5 nitrogen and oxygen atoms in total. The maximum absolute atomic E-state index is 13.5.